The number of rotatable bonds is 16. The van der Waals surface area contributed by atoms with Gasteiger partial charge in [0.25, 0.3) is 0 Å². The highest BCUT2D eigenvalue weighted by molar-refractivity contribution is 7.16. The second-order valence-electron chi connectivity index (χ2n) is 16.6. The van der Waals surface area contributed by atoms with Crippen LogP contribution in [-0.2, 0) is 19.1 Å². The van der Waals surface area contributed by atoms with E-state index in [0.717, 1.165) is 60.4 Å². The molecule has 0 aliphatic heterocycles. The van der Waals surface area contributed by atoms with Gasteiger partial charge >= 0.3 is 22.8 Å². The van der Waals surface area contributed by atoms with Crippen LogP contribution in [0, 0.1) is 24.7 Å². The van der Waals surface area contributed by atoms with Crippen molar-refractivity contribution >= 4 is 45.2 Å². The van der Waals surface area contributed by atoms with E-state index in [1.807, 2.05) is 62.3 Å². The van der Waals surface area contributed by atoms with Gasteiger partial charge in [-0.2, -0.15) is 0 Å². The van der Waals surface area contributed by atoms with Gasteiger partial charge in [-0.05, 0) is 153 Å². The summed E-state index contributed by atoms with van der Waals surface area (Å²) < 4.78 is 21.8. The number of phenolic OH excluding ortho intramolecular Hbond substituents is 1. The van der Waals surface area contributed by atoms with E-state index in [1.165, 1.54) is 5.56 Å². The number of hydrogen-bond donors (Lipinski definition) is 2. The molecule has 0 amide bonds. The molecule has 0 saturated heterocycles. The van der Waals surface area contributed by atoms with Crippen molar-refractivity contribution in [2.45, 2.75) is 146 Å². The molecule has 1 aromatic heterocycles. The Kier molecular flexibility index (Phi) is 19.2. The van der Waals surface area contributed by atoms with Gasteiger partial charge < -0.3 is 29.1 Å². The largest absolute Gasteiger partial charge is 0.507 e. The number of hydrogen-bond acceptors (Lipinski definition) is 11. The lowest BCUT2D eigenvalue weighted by molar-refractivity contribution is -0.156. The highest BCUT2D eigenvalue weighted by atomic mass is 32.1. The quantitative estimate of drug-likeness (QED) is 0.0637. The van der Waals surface area contributed by atoms with Crippen LogP contribution in [0.5, 0.6) is 17.2 Å². The molecular weight excluding hydrogens is 755 g/mol. The third kappa shape index (κ3) is 16.0. The van der Waals surface area contributed by atoms with E-state index >= 15 is 0 Å². The molecule has 1 atom stereocenters. The minimum atomic E-state index is -0.523. The van der Waals surface area contributed by atoms with Gasteiger partial charge in [0.2, 0.25) is 0 Å². The standard InChI is InChI=1S/C20H33NO2.C14H20O3.C13H14O4S/c1-6-16(3)17-11-13-18(14-12-17)21-15-9-8-10-19(22)23-20(4,5)7-2;1-6-14(4,5)13(16)17-11-7-9(2)12(15)10(3)8-11;1-4-13(2,3)11(14)16-8-5-6-10-9(7-8)17-12(15)18-10/h11-14,16,21H,6-10,15H2,1-5H3;7-8,15H,6H2,1-5H3;5-7H,4H2,1-3H3. The van der Waals surface area contributed by atoms with Crippen LogP contribution in [0.25, 0.3) is 10.3 Å². The normalized spacial score (nSPS) is 12.0. The Morgan fingerprint density at radius 1 is 0.776 bits per heavy atom. The van der Waals surface area contributed by atoms with Gasteiger partial charge in [0, 0.05) is 24.7 Å². The molecule has 0 aliphatic carbocycles. The number of carbonyl (C=O) groups excluding carboxylic acids is 3. The molecule has 4 rings (SSSR count). The van der Waals surface area contributed by atoms with Gasteiger partial charge in [-0.1, -0.05) is 58.1 Å². The molecule has 0 spiro atoms. The zero-order valence-electron chi connectivity index (χ0n) is 37.1. The number of carbonyl (C=O) groups is 3. The molecule has 0 fully saturated rings. The number of benzene rings is 3. The number of esters is 3. The number of phenols is 1. The first kappa shape index (κ1) is 49.5. The first-order valence-corrected chi connectivity index (χ1v) is 21.2. The molecule has 10 nitrogen and oxygen atoms in total. The van der Waals surface area contributed by atoms with Crippen molar-refractivity contribution in [1.82, 2.24) is 0 Å². The fourth-order valence-electron chi connectivity index (χ4n) is 4.89. The second-order valence-corrected chi connectivity index (χ2v) is 17.6. The van der Waals surface area contributed by atoms with Crippen LogP contribution in [0.15, 0.2) is 63.8 Å². The van der Waals surface area contributed by atoms with E-state index in [9.17, 15) is 24.3 Å². The van der Waals surface area contributed by atoms with Crippen molar-refractivity contribution in [3.63, 3.8) is 0 Å². The SMILES string of the molecule is CCC(C)(C)C(=O)Oc1cc(C)c(O)c(C)c1.CCC(C)(C)C(=O)Oc1ccc2sc(=O)oc2c1.CCC(C)c1ccc(NCCCCC(=O)OC(C)(C)CC)cc1. The predicted octanol–water partition coefficient (Wildman–Crippen LogP) is 12.1. The van der Waals surface area contributed by atoms with Gasteiger partial charge in [-0.15, -0.1) is 0 Å². The maximum atomic E-state index is 11.9. The number of nitrogens with one attached hydrogen (secondary N) is 1. The highest BCUT2D eigenvalue weighted by Gasteiger charge is 2.29. The lowest BCUT2D eigenvalue weighted by Crippen LogP contribution is -2.28. The number of aromatic hydroxyl groups is 1. The van der Waals surface area contributed by atoms with E-state index in [-0.39, 0.29) is 34.2 Å². The zero-order chi connectivity index (χ0) is 43.8. The number of aryl methyl sites for hydroxylation is 2. The summed E-state index contributed by atoms with van der Waals surface area (Å²) >= 11 is 1.03. The van der Waals surface area contributed by atoms with Crippen molar-refractivity contribution in [3.8, 4) is 17.2 Å². The summed E-state index contributed by atoms with van der Waals surface area (Å²) in [5.74, 6) is 1.13. The molecule has 0 saturated carbocycles. The molecule has 11 heteroatoms. The summed E-state index contributed by atoms with van der Waals surface area (Å²) in [5.41, 5.74) is 3.05. The first-order chi connectivity index (χ1) is 27.1. The number of anilines is 1. The van der Waals surface area contributed by atoms with Crippen LogP contribution >= 0.6 is 11.3 Å². The Balaban J connectivity index is 0.000000304. The lowest BCUT2D eigenvalue weighted by atomic mass is 9.91. The van der Waals surface area contributed by atoms with Gasteiger partial charge in [-0.3, -0.25) is 14.4 Å². The smallest absolute Gasteiger partial charge is 0.396 e. The van der Waals surface area contributed by atoms with Crippen LogP contribution in [0.4, 0.5) is 5.69 Å². The first-order valence-electron chi connectivity index (χ1n) is 20.4. The maximum Gasteiger partial charge on any atom is 0.396 e. The number of unbranched alkanes of at least 4 members (excludes halogenated alkanes) is 1. The van der Waals surface area contributed by atoms with E-state index in [1.54, 1.807) is 44.2 Å². The van der Waals surface area contributed by atoms with Crippen molar-refractivity contribution in [3.05, 3.63) is 81.0 Å². The number of ether oxygens (including phenoxy) is 3. The summed E-state index contributed by atoms with van der Waals surface area (Å²) in [5, 5.41) is 13.0. The molecule has 0 radical (unpaired) electrons. The Morgan fingerprint density at radius 3 is 1.84 bits per heavy atom. The van der Waals surface area contributed by atoms with Crippen molar-refractivity contribution in [2.75, 3.05) is 11.9 Å². The van der Waals surface area contributed by atoms with E-state index in [0.29, 0.717) is 47.0 Å². The summed E-state index contributed by atoms with van der Waals surface area (Å²) in [7, 11) is 0. The van der Waals surface area contributed by atoms with Crippen molar-refractivity contribution < 1.29 is 38.1 Å². The van der Waals surface area contributed by atoms with Gasteiger partial charge in [0.1, 0.15) is 22.8 Å². The summed E-state index contributed by atoms with van der Waals surface area (Å²) in [6.07, 6.45) is 5.75. The summed E-state index contributed by atoms with van der Waals surface area (Å²) in [4.78, 5) is 46.2. The topological polar surface area (TPSA) is 141 Å². The third-order valence-corrected chi connectivity index (χ3v) is 11.3. The van der Waals surface area contributed by atoms with E-state index < -0.39 is 10.8 Å². The Hall–Kier alpha value is -4.64. The zero-order valence-corrected chi connectivity index (χ0v) is 37.9. The van der Waals surface area contributed by atoms with Gasteiger partial charge in [-0.25, -0.2) is 4.79 Å². The molecule has 58 heavy (non-hydrogen) atoms. The minimum Gasteiger partial charge on any atom is -0.507 e. The van der Waals surface area contributed by atoms with Crippen LogP contribution < -0.4 is 19.7 Å². The fraction of sp³-hybridized carbons (Fsp3) is 0.532. The van der Waals surface area contributed by atoms with Crippen LogP contribution in [0.2, 0.25) is 0 Å². The van der Waals surface area contributed by atoms with Crippen LogP contribution in [-0.4, -0.2) is 35.2 Å². The average molecular weight is 822 g/mol. The second kappa shape index (κ2) is 22.5. The summed E-state index contributed by atoms with van der Waals surface area (Å²) in [6.45, 7) is 26.1. The molecule has 1 unspecified atom stereocenters. The molecule has 320 valence electrons. The predicted molar refractivity (Wildman–Crippen MR) is 235 cm³/mol. The number of fused-ring (bicyclic) bond motifs is 1. The van der Waals surface area contributed by atoms with E-state index in [2.05, 4.69) is 43.4 Å². The lowest BCUT2D eigenvalue weighted by Gasteiger charge is -2.23. The highest BCUT2D eigenvalue weighted by Crippen LogP contribution is 2.30. The molecular formula is C47H67NO9S. The monoisotopic (exact) mass is 821 g/mol. The Labute approximate surface area is 349 Å². The third-order valence-electron chi connectivity index (χ3n) is 10.5. The molecule has 1 heterocycles. The molecule has 0 aliphatic rings. The molecule has 2 N–H and O–H groups in total. The maximum absolute atomic E-state index is 11.9. The van der Waals surface area contributed by atoms with E-state index in [4.69, 9.17) is 18.6 Å². The average Bonchev–Trinajstić information content (AvgIpc) is 3.56. The molecule has 3 aromatic carbocycles. The van der Waals surface area contributed by atoms with Crippen LogP contribution in [0.3, 0.4) is 0 Å². The molecule has 4 aromatic rings. The van der Waals surface area contributed by atoms with Crippen molar-refractivity contribution in [1.29, 1.82) is 0 Å². The molecule has 0 bridgehead atoms. The minimum absolute atomic E-state index is 0.0882. The summed E-state index contributed by atoms with van der Waals surface area (Å²) in [6, 6.07) is 17.0. The van der Waals surface area contributed by atoms with Gasteiger partial charge in [0.15, 0.2) is 5.58 Å². The Bertz CT molecular complexity index is 1970. The van der Waals surface area contributed by atoms with Gasteiger partial charge in [0.05, 0.1) is 15.5 Å². The van der Waals surface area contributed by atoms with Crippen molar-refractivity contribution in [2.24, 2.45) is 10.8 Å². The van der Waals surface area contributed by atoms with Crippen LogP contribution in [0.1, 0.15) is 144 Å². The Morgan fingerprint density at radius 2 is 1.33 bits per heavy atom. The fourth-order valence-corrected chi connectivity index (χ4v) is 5.54.